The van der Waals surface area contributed by atoms with Crippen molar-refractivity contribution in [3.05, 3.63) is 51.1 Å². The molecule has 142 valence electrons. The molecule has 0 radical (unpaired) electrons. The van der Waals surface area contributed by atoms with E-state index >= 15 is 0 Å². The molecular formula is C13H9F7N4O2. The fraction of sp³-hybridized carbons (Fsp3) is 0.385. The normalized spacial score (nSPS) is 12.7. The van der Waals surface area contributed by atoms with E-state index in [9.17, 15) is 40.8 Å². The quantitative estimate of drug-likeness (QED) is 0.440. The number of hydrogen-bond acceptors (Lipinski definition) is 4. The van der Waals surface area contributed by atoms with Crippen LogP contribution in [0, 0.1) is 17.0 Å². The molecule has 0 amide bonds. The lowest BCUT2D eigenvalue weighted by Gasteiger charge is -2.18. The van der Waals surface area contributed by atoms with Crippen LogP contribution >= 0.6 is 0 Å². The van der Waals surface area contributed by atoms with Crippen LogP contribution in [0.5, 0.6) is 0 Å². The van der Waals surface area contributed by atoms with Crippen LogP contribution in [0.2, 0.25) is 0 Å². The number of nitrogens with zero attached hydrogens (tertiary/aromatic N) is 4. The summed E-state index contributed by atoms with van der Waals surface area (Å²) >= 11 is 0. The van der Waals surface area contributed by atoms with E-state index < -0.39 is 46.3 Å². The topological polar surface area (TPSA) is 73.8 Å². The highest BCUT2D eigenvalue weighted by molar-refractivity contribution is 5.42. The Balaban J connectivity index is 2.42. The molecule has 1 aromatic carbocycles. The first kappa shape index (κ1) is 19.6. The Hall–Kier alpha value is -2.73. The van der Waals surface area contributed by atoms with E-state index in [0.29, 0.717) is 0 Å². The van der Waals surface area contributed by atoms with Crippen molar-refractivity contribution in [2.75, 3.05) is 0 Å². The van der Waals surface area contributed by atoms with Gasteiger partial charge in [-0.2, -0.15) is 40.5 Å². The van der Waals surface area contributed by atoms with Gasteiger partial charge < -0.3 is 0 Å². The van der Waals surface area contributed by atoms with Crippen molar-refractivity contribution in [3.63, 3.8) is 0 Å². The van der Waals surface area contributed by atoms with Gasteiger partial charge in [0.1, 0.15) is 0 Å². The van der Waals surface area contributed by atoms with Crippen molar-refractivity contribution in [2.24, 2.45) is 0 Å². The molecule has 2 aromatic rings. The zero-order valence-electron chi connectivity index (χ0n) is 12.8. The number of nitro benzene ring substituents is 1. The van der Waals surface area contributed by atoms with E-state index in [1.54, 1.807) is 0 Å². The van der Waals surface area contributed by atoms with Crippen molar-refractivity contribution in [3.8, 4) is 0 Å². The highest BCUT2D eigenvalue weighted by Gasteiger charge is 2.62. The average Bonchev–Trinajstić information content (AvgIpc) is 2.90. The lowest BCUT2D eigenvalue weighted by Crippen LogP contribution is -2.36. The van der Waals surface area contributed by atoms with E-state index in [2.05, 4.69) is 10.1 Å². The molecule has 0 aliphatic rings. The maximum atomic E-state index is 13.4. The van der Waals surface area contributed by atoms with Gasteiger partial charge in [-0.3, -0.25) is 10.1 Å². The molecule has 0 aliphatic heterocycles. The van der Waals surface area contributed by atoms with E-state index in [0.717, 1.165) is 6.07 Å². The van der Waals surface area contributed by atoms with E-state index in [1.165, 1.54) is 19.1 Å². The van der Waals surface area contributed by atoms with Gasteiger partial charge >= 0.3 is 18.6 Å². The molecule has 0 spiro atoms. The Kier molecular flexibility index (Phi) is 4.92. The lowest BCUT2D eigenvalue weighted by molar-refractivity contribution is -0.385. The number of nitro groups is 1. The van der Waals surface area contributed by atoms with Crippen molar-refractivity contribution >= 4 is 5.69 Å². The Morgan fingerprint density at radius 3 is 2.31 bits per heavy atom. The summed E-state index contributed by atoms with van der Waals surface area (Å²) in [6, 6.07) is 3.53. The van der Waals surface area contributed by atoms with Crippen molar-refractivity contribution < 1.29 is 35.7 Å². The molecule has 1 heterocycles. The Morgan fingerprint density at radius 2 is 1.85 bits per heavy atom. The summed E-state index contributed by atoms with van der Waals surface area (Å²) in [5, 5.41) is 13.7. The summed E-state index contributed by atoms with van der Waals surface area (Å²) in [5.41, 5.74) is 0.146. The first-order valence-electron chi connectivity index (χ1n) is 6.77. The number of alkyl halides is 7. The molecule has 0 bridgehead atoms. The first-order chi connectivity index (χ1) is 11.8. The predicted octanol–water partition coefficient (Wildman–Crippen LogP) is 4.13. The van der Waals surface area contributed by atoms with Crippen molar-refractivity contribution in [1.82, 2.24) is 14.8 Å². The summed E-state index contributed by atoms with van der Waals surface area (Å²) < 4.78 is 88.9. The molecule has 0 fully saturated rings. The largest absolute Gasteiger partial charge is 0.461 e. The highest BCUT2D eigenvalue weighted by Crippen LogP contribution is 2.43. The van der Waals surface area contributed by atoms with Gasteiger partial charge in [0.15, 0.2) is 5.82 Å². The molecule has 0 N–H and O–H groups in total. The van der Waals surface area contributed by atoms with Gasteiger partial charge in [-0.1, -0.05) is 6.07 Å². The Bertz CT molecular complexity index is 832. The second-order valence-corrected chi connectivity index (χ2v) is 5.20. The number of hydrogen-bond donors (Lipinski definition) is 0. The monoisotopic (exact) mass is 386 g/mol. The van der Waals surface area contributed by atoms with Crippen LogP contribution in [-0.4, -0.2) is 25.9 Å². The summed E-state index contributed by atoms with van der Waals surface area (Å²) in [4.78, 5) is 13.0. The van der Waals surface area contributed by atoms with Gasteiger partial charge in [-0.25, -0.2) is 4.98 Å². The molecule has 0 atom stereocenters. The molecule has 0 saturated carbocycles. The molecule has 1 aromatic heterocycles. The van der Waals surface area contributed by atoms with Crippen LogP contribution < -0.4 is 0 Å². The van der Waals surface area contributed by atoms with Gasteiger partial charge in [0.25, 0.3) is 5.69 Å². The lowest BCUT2D eigenvalue weighted by atomic mass is 10.1. The maximum absolute atomic E-state index is 13.4. The van der Waals surface area contributed by atoms with Crippen LogP contribution in [0.15, 0.2) is 18.2 Å². The van der Waals surface area contributed by atoms with Gasteiger partial charge in [-0.15, -0.1) is 0 Å². The third-order valence-corrected chi connectivity index (χ3v) is 3.32. The van der Waals surface area contributed by atoms with Crippen LogP contribution in [-0.2, 0) is 12.3 Å². The highest BCUT2D eigenvalue weighted by atomic mass is 19.4. The summed E-state index contributed by atoms with van der Waals surface area (Å²) in [7, 11) is 0. The minimum atomic E-state index is -6.13. The van der Waals surface area contributed by atoms with E-state index in [-0.39, 0.29) is 16.8 Å². The molecule has 0 saturated heterocycles. The zero-order chi connectivity index (χ0) is 19.9. The van der Waals surface area contributed by atoms with Crippen LogP contribution in [0.25, 0.3) is 0 Å². The number of aryl methyl sites for hydroxylation is 1. The third kappa shape index (κ3) is 3.60. The van der Waals surface area contributed by atoms with Gasteiger partial charge in [0.2, 0.25) is 5.82 Å². The summed E-state index contributed by atoms with van der Waals surface area (Å²) in [6.45, 7) is -2.39. The molecule has 2 rings (SSSR count). The molecular weight excluding hydrogens is 377 g/mol. The number of halogens is 7. The number of benzene rings is 1. The van der Waals surface area contributed by atoms with Gasteiger partial charge in [0, 0.05) is 18.1 Å². The average molecular weight is 386 g/mol. The van der Waals surface area contributed by atoms with Crippen molar-refractivity contribution in [2.45, 2.75) is 32.0 Å². The Labute approximate surface area is 140 Å². The fourth-order valence-corrected chi connectivity index (χ4v) is 2.13. The molecule has 6 nitrogen and oxygen atoms in total. The molecule has 13 heteroatoms. The van der Waals surface area contributed by atoms with Crippen LogP contribution in [0.1, 0.15) is 29.3 Å². The SMILES string of the molecule is Cc1cc(Cc2nc(C(F)(F)C(F)(F)F)n(C(F)F)n2)ccc1[N+](=O)[O-]. The van der Waals surface area contributed by atoms with Crippen LogP contribution in [0.4, 0.5) is 36.4 Å². The Morgan fingerprint density at radius 1 is 1.23 bits per heavy atom. The minimum Gasteiger partial charge on any atom is -0.258 e. The van der Waals surface area contributed by atoms with Crippen molar-refractivity contribution in [1.29, 1.82) is 0 Å². The zero-order valence-corrected chi connectivity index (χ0v) is 12.8. The van der Waals surface area contributed by atoms with Crippen LogP contribution in [0.3, 0.4) is 0 Å². The predicted molar refractivity (Wildman–Crippen MR) is 71.9 cm³/mol. The second kappa shape index (κ2) is 6.53. The summed E-state index contributed by atoms with van der Waals surface area (Å²) in [6.07, 6.45) is -6.60. The molecule has 0 unspecified atom stereocenters. The smallest absolute Gasteiger partial charge is 0.258 e. The van der Waals surface area contributed by atoms with E-state index in [4.69, 9.17) is 0 Å². The summed E-state index contributed by atoms with van der Waals surface area (Å²) in [5.74, 6) is -8.56. The minimum absolute atomic E-state index is 0.182. The fourth-order valence-electron chi connectivity index (χ4n) is 2.13. The third-order valence-electron chi connectivity index (χ3n) is 3.32. The second-order valence-electron chi connectivity index (χ2n) is 5.20. The molecule has 26 heavy (non-hydrogen) atoms. The molecule has 0 aliphatic carbocycles. The first-order valence-corrected chi connectivity index (χ1v) is 6.77. The van der Waals surface area contributed by atoms with Gasteiger partial charge in [-0.05, 0) is 18.6 Å². The van der Waals surface area contributed by atoms with Gasteiger partial charge in [0.05, 0.1) is 4.92 Å². The van der Waals surface area contributed by atoms with E-state index in [1.807, 2.05) is 0 Å². The number of rotatable bonds is 5. The number of aromatic nitrogens is 3. The standard InChI is InChI=1S/C13H9F7N4O2/c1-6-4-7(2-3-8(6)24(25)26)5-9-21-10(23(22-9)11(14)15)12(16,17)13(18,19)20/h2-4,11H,5H2,1H3. The maximum Gasteiger partial charge on any atom is 0.461 e.